The Balaban J connectivity index is 2.16. The van der Waals surface area contributed by atoms with Crippen LogP contribution in [0.15, 0.2) is 27.8 Å². The van der Waals surface area contributed by atoms with E-state index in [9.17, 15) is 4.79 Å². The zero-order chi connectivity index (χ0) is 14.8. The first kappa shape index (κ1) is 14.8. The molecule has 1 fully saturated rings. The van der Waals surface area contributed by atoms with Crippen molar-refractivity contribution >= 4 is 33.4 Å². The molecule has 2 rings (SSSR count). The van der Waals surface area contributed by atoms with Gasteiger partial charge in [-0.3, -0.25) is 4.79 Å². The van der Waals surface area contributed by atoms with Crippen molar-refractivity contribution in [1.82, 2.24) is 0 Å². The number of benzene rings is 1. The van der Waals surface area contributed by atoms with Gasteiger partial charge in [0.05, 0.1) is 5.69 Å². The molecule has 0 radical (unpaired) electrons. The van der Waals surface area contributed by atoms with Crippen molar-refractivity contribution < 1.29 is 10.0 Å². The summed E-state index contributed by atoms with van der Waals surface area (Å²) in [5, 5.41) is 14.5. The van der Waals surface area contributed by atoms with E-state index in [2.05, 4.69) is 26.4 Å². The van der Waals surface area contributed by atoms with Gasteiger partial charge in [-0.2, -0.15) is 0 Å². The summed E-state index contributed by atoms with van der Waals surface area (Å²) in [4.78, 5) is 12.3. The number of nitrogens with two attached hydrogens (primary N) is 1. The van der Waals surface area contributed by atoms with Crippen molar-refractivity contribution in [3.05, 3.63) is 28.2 Å². The minimum absolute atomic E-state index is 0.0336. The largest absolute Gasteiger partial charge is 0.409 e. The van der Waals surface area contributed by atoms with Gasteiger partial charge in [0.25, 0.3) is 0 Å². The van der Waals surface area contributed by atoms with E-state index in [1.165, 1.54) is 0 Å². The maximum atomic E-state index is 12.3. The number of carbonyl (C=O) groups is 1. The normalized spacial score (nSPS) is 18.0. The van der Waals surface area contributed by atoms with Crippen molar-refractivity contribution in [3.63, 3.8) is 0 Å². The van der Waals surface area contributed by atoms with Crippen LogP contribution in [-0.2, 0) is 4.79 Å². The second-order valence-electron chi connectivity index (χ2n) is 5.40. The van der Waals surface area contributed by atoms with Gasteiger partial charge in [0.1, 0.15) is 0 Å². The molecule has 0 atom stereocenters. The number of halogens is 1. The third kappa shape index (κ3) is 2.95. The Morgan fingerprint density at radius 2 is 2.10 bits per heavy atom. The second kappa shape index (κ2) is 5.83. The van der Waals surface area contributed by atoms with Crippen molar-refractivity contribution in [2.75, 3.05) is 5.32 Å². The van der Waals surface area contributed by atoms with Crippen molar-refractivity contribution in [3.8, 4) is 0 Å². The van der Waals surface area contributed by atoms with Crippen LogP contribution < -0.4 is 11.1 Å². The Hall–Kier alpha value is -1.56. The fourth-order valence-electron chi connectivity index (χ4n) is 2.49. The molecule has 4 N–H and O–H groups in total. The number of rotatable bonds is 3. The summed E-state index contributed by atoms with van der Waals surface area (Å²) in [5.41, 5.74) is 6.53. The lowest BCUT2D eigenvalue weighted by Gasteiger charge is -2.22. The number of amides is 1. The molecule has 108 valence electrons. The number of anilines is 1. The van der Waals surface area contributed by atoms with Crippen LogP contribution in [0, 0.1) is 5.41 Å². The van der Waals surface area contributed by atoms with E-state index >= 15 is 0 Å². The third-order valence-electron chi connectivity index (χ3n) is 3.88. The summed E-state index contributed by atoms with van der Waals surface area (Å²) in [6.45, 7) is 2.01. The van der Waals surface area contributed by atoms with Gasteiger partial charge in [-0.25, -0.2) is 0 Å². The highest BCUT2D eigenvalue weighted by Crippen LogP contribution is 2.39. The zero-order valence-electron chi connectivity index (χ0n) is 11.3. The van der Waals surface area contributed by atoms with Gasteiger partial charge in [0.2, 0.25) is 5.91 Å². The summed E-state index contributed by atoms with van der Waals surface area (Å²) in [6.07, 6.45) is 4.07. The monoisotopic (exact) mass is 339 g/mol. The Labute approximate surface area is 126 Å². The minimum atomic E-state index is -0.274. The molecule has 1 aromatic rings. The molecule has 20 heavy (non-hydrogen) atoms. The summed E-state index contributed by atoms with van der Waals surface area (Å²) in [5.74, 6) is 0.0820. The molecule has 0 aliphatic heterocycles. The standard InChI is InChI=1S/C14H18BrN3O2/c1-14(6-2-3-7-14)13(19)17-11-5-4-9(8-10(11)15)12(16)18-20/h4-5,8,20H,2-3,6-7H2,1H3,(H2,16,18)(H,17,19). The van der Waals surface area contributed by atoms with E-state index in [1.807, 2.05) is 6.92 Å². The molecule has 1 amide bonds. The van der Waals surface area contributed by atoms with E-state index in [-0.39, 0.29) is 17.2 Å². The summed E-state index contributed by atoms with van der Waals surface area (Å²) >= 11 is 3.39. The number of carbonyl (C=O) groups excluding carboxylic acids is 1. The predicted molar refractivity (Wildman–Crippen MR) is 81.9 cm³/mol. The summed E-state index contributed by atoms with van der Waals surface area (Å²) < 4.78 is 0.705. The van der Waals surface area contributed by atoms with Crippen LogP contribution in [0.25, 0.3) is 0 Å². The quantitative estimate of drug-likeness (QED) is 0.342. The topological polar surface area (TPSA) is 87.7 Å². The van der Waals surface area contributed by atoms with Gasteiger partial charge < -0.3 is 16.3 Å². The van der Waals surface area contributed by atoms with Crippen molar-refractivity contribution in [1.29, 1.82) is 0 Å². The van der Waals surface area contributed by atoms with E-state index in [4.69, 9.17) is 10.9 Å². The van der Waals surface area contributed by atoms with Crippen molar-refractivity contribution in [2.24, 2.45) is 16.3 Å². The van der Waals surface area contributed by atoms with Crippen molar-refractivity contribution in [2.45, 2.75) is 32.6 Å². The second-order valence-corrected chi connectivity index (χ2v) is 6.26. The average molecular weight is 340 g/mol. The molecular weight excluding hydrogens is 322 g/mol. The lowest BCUT2D eigenvalue weighted by Crippen LogP contribution is -2.31. The Morgan fingerprint density at radius 1 is 1.45 bits per heavy atom. The molecular formula is C14H18BrN3O2. The number of amidine groups is 1. The number of nitrogens with one attached hydrogen (secondary N) is 1. The maximum absolute atomic E-state index is 12.3. The first-order valence-electron chi connectivity index (χ1n) is 6.55. The van der Waals surface area contributed by atoms with Crippen LogP contribution in [0.2, 0.25) is 0 Å². The molecule has 1 aliphatic carbocycles. The lowest BCUT2D eigenvalue weighted by molar-refractivity contribution is -0.124. The fraction of sp³-hybridized carbons (Fsp3) is 0.429. The number of hydrogen-bond acceptors (Lipinski definition) is 3. The fourth-order valence-corrected chi connectivity index (χ4v) is 2.97. The molecule has 0 unspecified atom stereocenters. The van der Waals surface area contributed by atoms with Gasteiger partial charge in [0, 0.05) is 15.5 Å². The highest BCUT2D eigenvalue weighted by molar-refractivity contribution is 9.10. The molecule has 5 nitrogen and oxygen atoms in total. The van der Waals surface area contributed by atoms with Gasteiger partial charge in [0.15, 0.2) is 5.84 Å². The van der Waals surface area contributed by atoms with Crippen LogP contribution in [0.4, 0.5) is 5.69 Å². The summed E-state index contributed by atoms with van der Waals surface area (Å²) in [7, 11) is 0. The smallest absolute Gasteiger partial charge is 0.230 e. The van der Waals surface area contributed by atoms with E-state index < -0.39 is 0 Å². The molecule has 0 saturated heterocycles. The van der Waals surface area contributed by atoms with E-state index in [1.54, 1.807) is 18.2 Å². The molecule has 1 saturated carbocycles. The molecule has 1 aliphatic rings. The van der Waals surface area contributed by atoms with Gasteiger partial charge in [-0.15, -0.1) is 0 Å². The average Bonchev–Trinajstić information content (AvgIpc) is 2.88. The number of nitrogens with zero attached hydrogens (tertiary/aromatic N) is 1. The molecule has 0 aromatic heterocycles. The van der Waals surface area contributed by atoms with E-state index in [0.29, 0.717) is 15.7 Å². The van der Waals surface area contributed by atoms with Crippen LogP contribution in [0.5, 0.6) is 0 Å². The van der Waals surface area contributed by atoms with Crippen LogP contribution in [0.1, 0.15) is 38.2 Å². The number of oxime groups is 1. The van der Waals surface area contributed by atoms with E-state index in [0.717, 1.165) is 25.7 Å². The first-order valence-corrected chi connectivity index (χ1v) is 7.34. The van der Waals surface area contributed by atoms with Gasteiger partial charge >= 0.3 is 0 Å². The number of hydrogen-bond donors (Lipinski definition) is 3. The molecule has 0 bridgehead atoms. The summed E-state index contributed by atoms with van der Waals surface area (Å²) in [6, 6.07) is 5.15. The van der Waals surface area contributed by atoms with Crippen LogP contribution >= 0.6 is 15.9 Å². The Kier molecular flexibility index (Phi) is 4.32. The Bertz CT molecular complexity index is 551. The first-order chi connectivity index (χ1) is 9.46. The third-order valence-corrected chi connectivity index (χ3v) is 4.53. The van der Waals surface area contributed by atoms with Gasteiger partial charge in [-0.1, -0.05) is 24.9 Å². The highest BCUT2D eigenvalue weighted by atomic mass is 79.9. The molecule has 1 aromatic carbocycles. The predicted octanol–water partition coefficient (Wildman–Crippen LogP) is 3.06. The minimum Gasteiger partial charge on any atom is -0.409 e. The Morgan fingerprint density at radius 3 is 2.65 bits per heavy atom. The molecule has 0 heterocycles. The van der Waals surface area contributed by atoms with Crippen LogP contribution in [0.3, 0.4) is 0 Å². The molecule has 0 spiro atoms. The van der Waals surface area contributed by atoms with Gasteiger partial charge in [-0.05, 0) is 47.0 Å². The zero-order valence-corrected chi connectivity index (χ0v) is 12.9. The molecule has 6 heteroatoms. The van der Waals surface area contributed by atoms with Crippen LogP contribution in [-0.4, -0.2) is 17.0 Å². The lowest BCUT2D eigenvalue weighted by atomic mass is 9.88. The SMILES string of the molecule is CC1(C(=O)Nc2ccc(/C(N)=N/O)cc2Br)CCCC1. The highest BCUT2D eigenvalue weighted by Gasteiger charge is 2.36. The maximum Gasteiger partial charge on any atom is 0.230 e.